The van der Waals surface area contributed by atoms with Crippen LogP contribution in [0.4, 0.5) is 18.9 Å². The lowest BCUT2D eigenvalue weighted by Gasteiger charge is -2.11. The van der Waals surface area contributed by atoms with Gasteiger partial charge in [0.2, 0.25) is 0 Å². The Balaban J connectivity index is 1.49. The number of aromatic nitrogens is 2. The average molecular weight is 372 g/mol. The highest BCUT2D eigenvalue weighted by Gasteiger charge is 2.27. The maximum Gasteiger partial charge on any atom is 0.411 e. The first-order valence-electron chi connectivity index (χ1n) is 8.18. The first-order valence-corrected chi connectivity index (χ1v) is 8.18. The van der Waals surface area contributed by atoms with E-state index in [0.717, 1.165) is 17.8 Å². The van der Waals surface area contributed by atoms with Crippen LogP contribution in [0.25, 0.3) is 0 Å². The van der Waals surface area contributed by atoms with Crippen LogP contribution in [0.2, 0.25) is 0 Å². The first-order chi connectivity index (χ1) is 12.4. The molecule has 1 saturated heterocycles. The van der Waals surface area contributed by atoms with E-state index < -0.39 is 18.7 Å². The van der Waals surface area contributed by atoms with E-state index in [1.54, 1.807) is 12.1 Å². The number of rotatable bonds is 7. The largest absolute Gasteiger partial charge is 0.455 e. The van der Waals surface area contributed by atoms with Gasteiger partial charge in [-0.3, -0.25) is 9.69 Å². The van der Waals surface area contributed by atoms with Crippen LogP contribution >= 0.6 is 0 Å². The highest BCUT2D eigenvalue weighted by Crippen LogP contribution is 2.17. The molecule has 0 spiro atoms. The third-order valence-corrected chi connectivity index (χ3v) is 3.84. The number of ether oxygens (including phenoxy) is 1. The maximum atomic E-state index is 12.2. The van der Waals surface area contributed by atoms with Gasteiger partial charge in [0.05, 0.1) is 24.6 Å². The van der Waals surface area contributed by atoms with Crippen molar-refractivity contribution in [1.82, 2.24) is 14.7 Å². The monoisotopic (exact) mass is 372 g/mol. The summed E-state index contributed by atoms with van der Waals surface area (Å²) in [4.78, 5) is 14.4. The van der Waals surface area contributed by atoms with Gasteiger partial charge in [-0.1, -0.05) is 0 Å². The fourth-order valence-electron chi connectivity index (χ4n) is 2.69. The normalized spacial score (nSPS) is 15.5. The number of nitrogens with one attached hydrogen (secondary N) is 1. The predicted octanol–water partition coefficient (Wildman–Crippen LogP) is 2.86. The number of hydrogen-bond donors (Lipinski definition) is 1. The van der Waals surface area contributed by atoms with Crippen molar-refractivity contribution in [3.05, 3.63) is 36.0 Å². The van der Waals surface area contributed by atoms with Crippen LogP contribution in [0.1, 0.15) is 29.2 Å². The molecule has 0 saturated carbocycles. The van der Waals surface area contributed by atoms with Gasteiger partial charge >= 0.3 is 6.18 Å². The second kappa shape index (κ2) is 7.92. The van der Waals surface area contributed by atoms with E-state index in [4.69, 9.17) is 4.42 Å². The predicted molar refractivity (Wildman–Crippen MR) is 85.4 cm³/mol. The van der Waals surface area contributed by atoms with Crippen LogP contribution in [0.15, 0.2) is 28.9 Å². The van der Waals surface area contributed by atoms with Crippen molar-refractivity contribution in [2.75, 3.05) is 25.0 Å². The maximum absolute atomic E-state index is 12.2. The molecule has 0 unspecified atom stereocenters. The van der Waals surface area contributed by atoms with E-state index in [-0.39, 0.29) is 12.5 Å². The van der Waals surface area contributed by atoms with E-state index in [1.807, 2.05) is 0 Å². The Morgan fingerprint density at radius 2 is 2.08 bits per heavy atom. The van der Waals surface area contributed by atoms with Crippen molar-refractivity contribution in [2.24, 2.45) is 0 Å². The zero-order valence-electron chi connectivity index (χ0n) is 14.0. The van der Waals surface area contributed by atoms with Crippen molar-refractivity contribution >= 4 is 11.6 Å². The van der Waals surface area contributed by atoms with Gasteiger partial charge in [-0.2, -0.15) is 18.3 Å². The quantitative estimate of drug-likeness (QED) is 0.809. The molecule has 2 aromatic rings. The highest BCUT2D eigenvalue weighted by molar-refractivity contribution is 6.02. The number of nitrogens with zero attached hydrogens (tertiary/aromatic N) is 3. The number of alkyl halides is 3. The number of anilines is 1. The van der Waals surface area contributed by atoms with Gasteiger partial charge < -0.3 is 14.5 Å². The fourth-order valence-corrected chi connectivity index (χ4v) is 2.69. The number of halogens is 3. The minimum atomic E-state index is -4.39. The van der Waals surface area contributed by atoms with Crippen LogP contribution in [0.5, 0.6) is 0 Å². The van der Waals surface area contributed by atoms with Gasteiger partial charge in [0.15, 0.2) is 5.76 Å². The second-order valence-electron chi connectivity index (χ2n) is 6.06. The molecule has 0 radical (unpaired) electrons. The molecule has 7 nitrogen and oxygen atoms in total. The van der Waals surface area contributed by atoms with E-state index in [0.29, 0.717) is 18.0 Å². The zero-order valence-corrected chi connectivity index (χ0v) is 14.0. The molecule has 2 aromatic heterocycles. The Kier molecular flexibility index (Phi) is 5.62. The van der Waals surface area contributed by atoms with Gasteiger partial charge in [-0.15, -0.1) is 0 Å². The van der Waals surface area contributed by atoms with Crippen LogP contribution in [-0.2, 0) is 18.0 Å². The zero-order chi connectivity index (χ0) is 18.6. The Bertz CT molecular complexity index is 735. The molecule has 10 heteroatoms. The smallest absolute Gasteiger partial charge is 0.411 e. The van der Waals surface area contributed by atoms with Crippen molar-refractivity contribution in [1.29, 1.82) is 0 Å². The fraction of sp³-hybridized carbons (Fsp3) is 0.500. The Labute approximate surface area is 147 Å². The average Bonchev–Trinajstić information content (AvgIpc) is 3.29. The SMILES string of the molecule is O=C(Nc1cnn(COCC(F)(F)F)c1)c1ccc(CN2CCCC2)o1. The molecule has 0 aliphatic carbocycles. The molecule has 1 fully saturated rings. The summed E-state index contributed by atoms with van der Waals surface area (Å²) in [6.45, 7) is 0.994. The third-order valence-electron chi connectivity index (χ3n) is 3.84. The van der Waals surface area contributed by atoms with Gasteiger partial charge in [0.1, 0.15) is 19.1 Å². The van der Waals surface area contributed by atoms with Gasteiger partial charge in [0.25, 0.3) is 5.91 Å². The standard InChI is InChI=1S/C16H19F3N4O3/c17-16(18,19)10-25-11-23-8-12(7-20-23)21-15(24)14-4-3-13(26-14)9-22-5-1-2-6-22/h3-4,7-8H,1-2,5-6,9-11H2,(H,21,24). The van der Waals surface area contributed by atoms with Gasteiger partial charge in [-0.25, -0.2) is 4.68 Å². The lowest BCUT2D eigenvalue weighted by molar-refractivity contribution is -0.182. The summed E-state index contributed by atoms with van der Waals surface area (Å²) >= 11 is 0. The molecule has 0 aromatic carbocycles. The van der Waals surface area contributed by atoms with Crippen molar-refractivity contribution in [3.8, 4) is 0 Å². The van der Waals surface area contributed by atoms with Gasteiger partial charge in [-0.05, 0) is 38.1 Å². The Morgan fingerprint density at radius 1 is 1.31 bits per heavy atom. The topological polar surface area (TPSA) is 72.5 Å². The number of amides is 1. The van der Waals surface area contributed by atoms with Crippen LogP contribution < -0.4 is 5.32 Å². The van der Waals surface area contributed by atoms with Crippen molar-refractivity contribution < 1.29 is 27.1 Å². The van der Waals surface area contributed by atoms with E-state index in [1.165, 1.54) is 25.2 Å². The first kappa shape index (κ1) is 18.5. The Morgan fingerprint density at radius 3 is 2.81 bits per heavy atom. The number of hydrogen-bond acceptors (Lipinski definition) is 5. The molecule has 26 heavy (non-hydrogen) atoms. The van der Waals surface area contributed by atoms with Crippen LogP contribution in [-0.4, -0.2) is 46.5 Å². The molecule has 1 N–H and O–H groups in total. The Hall–Kier alpha value is -2.33. The lowest BCUT2D eigenvalue weighted by Crippen LogP contribution is -2.18. The number of likely N-dealkylation sites (tertiary alicyclic amines) is 1. The minimum absolute atomic E-state index is 0.167. The van der Waals surface area contributed by atoms with Gasteiger partial charge in [0, 0.05) is 0 Å². The van der Waals surface area contributed by atoms with Crippen molar-refractivity contribution in [2.45, 2.75) is 32.3 Å². The summed E-state index contributed by atoms with van der Waals surface area (Å²) in [7, 11) is 0. The molecule has 1 aliphatic heterocycles. The van der Waals surface area contributed by atoms with E-state index in [9.17, 15) is 18.0 Å². The minimum Gasteiger partial charge on any atom is -0.455 e. The number of carbonyl (C=O) groups excluding carboxylic acids is 1. The molecule has 0 bridgehead atoms. The molecular weight excluding hydrogens is 353 g/mol. The number of carbonyl (C=O) groups is 1. The molecule has 1 aliphatic rings. The van der Waals surface area contributed by atoms with E-state index in [2.05, 4.69) is 20.1 Å². The summed E-state index contributed by atoms with van der Waals surface area (Å²) < 4.78 is 47.3. The van der Waals surface area contributed by atoms with Crippen LogP contribution in [0, 0.1) is 0 Å². The summed E-state index contributed by atoms with van der Waals surface area (Å²) in [6.07, 6.45) is 0.650. The third kappa shape index (κ3) is 5.33. The summed E-state index contributed by atoms with van der Waals surface area (Å²) in [6, 6.07) is 3.36. The lowest BCUT2D eigenvalue weighted by atomic mass is 10.4. The second-order valence-corrected chi connectivity index (χ2v) is 6.06. The molecule has 3 heterocycles. The molecule has 142 valence electrons. The molecule has 3 rings (SSSR count). The van der Waals surface area contributed by atoms with E-state index >= 15 is 0 Å². The molecular formula is C16H19F3N4O3. The van der Waals surface area contributed by atoms with Crippen molar-refractivity contribution in [3.63, 3.8) is 0 Å². The van der Waals surface area contributed by atoms with Crippen LogP contribution in [0.3, 0.4) is 0 Å². The summed E-state index contributed by atoms with van der Waals surface area (Å²) in [5, 5.41) is 6.41. The highest BCUT2D eigenvalue weighted by atomic mass is 19.4. The molecule has 0 atom stereocenters. The summed E-state index contributed by atoms with van der Waals surface area (Å²) in [5.41, 5.74) is 0.336. The molecule has 1 amide bonds. The summed E-state index contributed by atoms with van der Waals surface area (Å²) in [5.74, 6) is 0.432. The number of furan rings is 1.